The van der Waals surface area contributed by atoms with Crippen molar-refractivity contribution in [2.24, 2.45) is 0 Å². The molecule has 0 aliphatic carbocycles. The molecule has 0 fully saturated rings. The van der Waals surface area contributed by atoms with Gasteiger partial charge in [0.2, 0.25) is 0 Å². The van der Waals surface area contributed by atoms with E-state index in [0.717, 1.165) is 0 Å². The van der Waals surface area contributed by atoms with E-state index in [-0.39, 0.29) is 5.56 Å². The Balaban J connectivity index is 3.19. The van der Waals surface area contributed by atoms with E-state index in [2.05, 4.69) is 0 Å². The zero-order chi connectivity index (χ0) is 10.1. The molecule has 0 nitrogen and oxygen atoms in total. The molecule has 0 amide bonds. The first-order chi connectivity index (χ1) is 5.95. The molecule has 1 aromatic rings. The lowest BCUT2D eigenvalue weighted by Crippen LogP contribution is -2.07. The molecule has 0 aliphatic rings. The van der Waals surface area contributed by atoms with Gasteiger partial charge in [-0.3, -0.25) is 0 Å². The van der Waals surface area contributed by atoms with Gasteiger partial charge in [0.1, 0.15) is 0 Å². The third kappa shape index (κ3) is 2.59. The van der Waals surface area contributed by atoms with E-state index in [4.69, 9.17) is 0 Å². The Hall–Kier alpha value is -0.260. The van der Waals surface area contributed by atoms with Gasteiger partial charge in [-0.15, -0.1) is 0 Å². The SMILES string of the molecule is Cc1ccc(CI)cc1C(F)(F)F. The van der Waals surface area contributed by atoms with Gasteiger partial charge >= 0.3 is 6.18 Å². The maximum absolute atomic E-state index is 12.4. The molecular formula is C9H8F3I. The third-order valence-electron chi connectivity index (χ3n) is 1.76. The minimum Gasteiger partial charge on any atom is -0.166 e. The molecule has 0 aliphatic heterocycles. The lowest BCUT2D eigenvalue weighted by atomic mass is 10.1. The Kier molecular flexibility index (Phi) is 3.21. The molecule has 0 saturated heterocycles. The molecule has 0 heterocycles. The van der Waals surface area contributed by atoms with Crippen LogP contribution in [-0.2, 0) is 10.6 Å². The Morgan fingerprint density at radius 2 is 1.92 bits per heavy atom. The van der Waals surface area contributed by atoms with Crippen LogP contribution in [0.4, 0.5) is 13.2 Å². The van der Waals surface area contributed by atoms with Gasteiger partial charge in [0.25, 0.3) is 0 Å². The van der Waals surface area contributed by atoms with Crippen molar-refractivity contribution in [1.29, 1.82) is 0 Å². The second-order valence-corrected chi connectivity index (χ2v) is 3.54. The first-order valence-corrected chi connectivity index (χ1v) is 5.20. The van der Waals surface area contributed by atoms with Gasteiger partial charge in [-0.2, -0.15) is 13.2 Å². The van der Waals surface area contributed by atoms with Crippen molar-refractivity contribution in [2.75, 3.05) is 0 Å². The zero-order valence-electron chi connectivity index (χ0n) is 6.95. The molecule has 0 atom stereocenters. The van der Waals surface area contributed by atoms with Crippen LogP contribution in [0.5, 0.6) is 0 Å². The number of hydrogen-bond donors (Lipinski definition) is 0. The van der Waals surface area contributed by atoms with Crippen molar-refractivity contribution in [3.63, 3.8) is 0 Å². The minimum atomic E-state index is -4.23. The summed E-state index contributed by atoms with van der Waals surface area (Å²) in [5.74, 6) is 0. The van der Waals surface area contributed by atoms with Gasteiger partial charge in [-0.1, -0.05) is 34.7 Å². The number of benzene rings is 1. The van der Waals surface area contributed by atoms with Crippen LogP contribution >= 0.6 is 22.6 Å². The van der Waals surface area contributed by atoms with E-state index in [0.29, 0.717) is 9.99 Å². The Labute approximate surface area is 88.3 Å². The molecule has 0 aromatic heterocycles. The maximum atomic E-state index is 12.4. The number of halogens is 4. The summed E-state index contributed by atoms with van der Waals surface area (Å²) in [7, 11) is 0. The molecule has 13 heavy (non-hydrogen) atoms. The average Bonchev–Trinajstić information content (AvgIpc) is 2.03. The van der Waals surface area contributed by atoms with Crippen LogP contribution in [-0.4, -0.2) is 0 Å². The lowest BCUT2D eigenvalue weighted by molar-refractivity contribution is -0.138. The predicted molar refractivity (Wildman–Crippen MR) is 53.9 cm³/mol. The highest BCUT2D eigenvalue weighted by atomic mass is 127. The largest absolute Gasteiger partial charge is 0.416 e. The zero-order valence-corrected chi connectivity index (χ0v) is 9.11. The maximum Gasteiger partial charge on any atom is 0.416 e. The first-order valence-electron chi connectivity index (χ1n) is 3.68. The summed E-state index contributed by atoms with van der Waals surface area (Å²) in [6.45, 7) is 1.47. The molecule has 0 radical (unpaired) electrons. The van der Waals surface area contributed by atoms with E-state index in [1.165, 1.54) is 19.1 Å². The van der Waals surface area contributed by atoms with Gasteiger partial charge in [0.05, 0.1) is 5.56 Å². The summed E-state index contributed by atoms with van der Waals surface area (Å²) < 4.78 is 37.7. The summed E-state index contributed by atoms with van der Waals surface area (Å²) in [5, 5.41) is 0. The topological polar surface area (TPSA) is 0 Å². The van der Waals surface area contributed by atoms with Crippen LogP contribution in [0, 0.1) is 6.92 Å². The molecule has 0 N–H and O–H groups in total. The van der Waals surface area contributed by atoms with Gasteiger partial charge in [-0.25, -0.2) is 0 Å². The van der Waals surface area contributed by atoms with Crippen molar-refractivity contribution in [3.05, 3.63) is 34.9 Å². The quantitative estimate of drug-likeness (QED) is 0.544. The van der Waals surface area contributed by atoms with E-state index in [1.54, 1.807) is 6.07 Å². The van der Waals surface area contributed by atoms with Crippen molar-refractivity contribution in [1.82, 2.24) is 0 Å². The van der Waals surface area contributed by atoms with E-state index in [1.807, 2.05) is 22.6 Å². The summed E-state index contributed by atoms with van der Waals surface area (Å²) in [6, 6.07) is 4.44. The summed E-state index contributed by atoms with van der Waals surface area (Å²) in [4.78, 5) is 0. The van der Waals surface area contributed by atoms with Crippen LogP contribution in [0.15, 0.2) is 18.2 Å². The molecule has 72 valence electrons. The second-order valence-electron chi connectivity index (χ2n) is 2.78. The monoisotopic (exact) mass is 300 g/mol. The van der Waals surface area contributed by atoms with Crippen LogP contribution in [0.2, 0.25) is 0 Å². The fraction of sp³-hybridized carbons (Fsp3) is 0.333. The molecule has 1 rings (SSSR count). The standard InChI is InChI=1S/C9H8F3I/c1-6-2-3-7(5-13)4-8(6)9(10,11)12/h2-4H,5H2,1H3. The third-order valence-corrected chi connectivity index (χ3v) is 2.64. The summed E-state index contributed by atoms with van der Waals surface area (Å²) in [6.07, 6.45) is -4.23. The fourth-order valence-electron chi connectivity index (χ4n) is 1.06. The molecular weight excluding hydrogens is 292 g/mol. The highest BCUT2D eigenvalue weighted by Gasteiger charge is 2.32. The van der Waals surface area contributed by atoms with Crippen LogP contribution in [0.1, 0.15) is 16.7 Å². The highest BCUT2D eigenvalue weighted by molar-refractivity contribution is 14.1. The van der Waals surface area contributed by atoms with Crippen molar-refractivity contribution in [2.45, 2.75) is 17.5 Å². The number of alkyl halides is 4. The Morgan fingerprint density at radius 3 is 2.38 bits per heavy atom. The Bertz CT molecular complexity index is 304. The summed E-state index contributed by atoms with van der Waals surface area (Å²) in [5.41, 5.74) is 0.460. The van der Waals surface area contributed by atoms with Gasteiger partial charge < -0.3 is 0 Å². The highest BCUT2D eigenvalue weighted by Crippen LogP contribution is 2.32. The second kappa shape index (κ2) is 3.86. The lowest BCUT2D eigenvalue weighted by Gasteiger charge is -2.10. The minimum absolute atomic E-state index is 0.279. The molecule has 0 unspecified atom stereocenters. The molecule has 1 aromatic carbocycles. The van der Waals surface area contributed by atoms with Crippen LogP contribution in [0.3, 0.4) is 0 Å². The smallest absolute Gasteiger partial charge is 0.166 e. The van der Waals surface area contributed by atoms with Crippen LogP contribution < -0.4 is 0 Å². The average molecular weight is 300 g/mol. The Morgan fingerprint density at radius 1 is 1.31 bits per heavy atom. The number of hydrogen-bond acceptors (Lipinski definition) is 0. The number of rotatable bonds is 1. The predicted octanol–water partition coefficient (Wildman–Crippen LogP) is 3.95. The first kappa shape index (κ1) is 10.8. The molecule has 0 bridgehead atoms. The van der Waals surface area contributed by atoms with Crippen LogP contribution in [0.25, 0.3) is 0 Å². The normalized spacial score (nSPS) is 11.8. The molecule has 4 heteroatoms. The van der Waals surface area contributed by atoms with Crippen molar-refractivity contribution in [3.8, 4) is 0 Å². The number of aryl methyl sites for hydroxylation is 1. The molecule has 0 spiro atoms. The summed E-state index contributed by atoms with van der Waals surface area (Å²) >= 11 is 2.04. The fourth-order valence-corrected chi connectivity index (χ4v) is 1.53. The molecule has 0 saturated carbocycles. The van der Waals surface area contributed by atoms with Gasteiger partial charge in [0, 0.05) is 4.43 Å². The van der Waals surface area contributed by atoms with E-state index < -0.39 is 11.7 Å². The van der Waals surface area contributed by atoms with Crippen molar-refractivity contribution < 1.29 is 13.2 Å². The van der Waals surface area contributed by atoms with Gasteiger partial charge in [0.15, 0.2) is 0 Å². The van der Waals surface area contributed by atoms with Crippen molar-refractivity contribution >= 4 is 22.6 Å². The van der Waals surface area contributed by atoms with E-state index >= 15 is 0 Å². The van der Waals surface area contributed by atoms with E-state index in [9.17, 15) is 13.2 Å². The van der Waals surface area contributed by atoms with Gasteiger partial charge in [-0.05, 0) is 24.1 Å².